The van der Waals surface area contributed by atoms with Crippen LogP contribution >= 0.6 is 11.3 Å². The maximum absolute atomic E-state index is 11.3. The Bertz CT molecular complexity index is 723. The molecule has 128 valence electrons. The van der Waals surface area contributed by atoms with Gasteiger partial charge in [-0.1, -0.05) is 41.2 Å². The van der Waals surface area contributed by atoms with Crippen molar-refractivity contribution in [1.82, 2.24) is 0 Å². The minimum Gasteiger partial charge on any atom is -0.463 e. The Labute approximate surface area is 145 Å². The second kappa shape index (κ2) is 9.62. The van der Waals surface area contributed by atoms with Crippen molar-refractivity contribution in [2.45, 2.75) is 27.7 Å². The van der Waals surface area contributed by atoms with Crippen LogP contribution in [-0.4, -0.2) is 17.5 Å². The van der Waals surface area contributed by atoms with E-state index in [2.05, 4.69) is 0 Å². The van der Waals surface area contributed by atoms with Crippen LogP contribution in [0.4, 0.5) is 5.00 Å². The highest BCUT2D eigenvalue weighted by atomic mass is 32.1. The molecule has 24 heavy (non-hydrogen) atoms. The summed E-state index contributed by atoms with van der Waals surface area (Å²) in [5.41, 5.74) is 2.68. The Hall–Kier alpha value is -2.47. The highest BCUT2D eigenvalue weighted by Crippen LogP contribution is 2.29. The Morgan fingerprint density at radius 2 is 2.04 bits per heavy atom. The summed E-state index contributed by atoms with van der Waals surface area (Å²) in [6, 6.07) is 1.58. The van der Waals surface area contributed by atoms with Crippen molar-refractivity contribution in [3.8, 4) is 0 Å². The second-order valence-electron chi connectivity index (χ2n) is 5.13. The van der Waals surface area contributed by atoms with E-state index in [1.807, 2.05) is 51.2 Å². The fourth-order valence-electron chi connectivity index (χ4n) is 1.77. The van der Waals surface area contributed by atoms with Gasteiger partial charge in [0.2, 0.25) is 0 Å². The Kier molecular flexibility index (Phi) is 7.85. The first kappa shape index (κ1) is 19.6. The lowest BCUT2D eigenvalue weighted by molar-refractivity contribution is -0.380. The molecule has 0 aromatic carbocycles. The SMILES string of the molecule is CCOC(=O)/C=C(C)/C=C/C=C(C)/C=C/c1sc([N+](=O)[O-])cc1C. The van der Waals surface area contributed by atoms with Crippen molar-refractivity contribution in [3.05, 3.63) is 68.1 Å². The molecule has 1 rings (SSSR count). The molecule has 0 amide bonds. The standard InChI is InChI=1S/C18H21NO4S/c1-5-23-18(20)11-14(3)8-6-7-13(2)9-10-16-15(4)12-17(24-16)19(21)22/h6-12H,5H2,1-4H3/b8-6+,10-9+,13-7+,14-11+. The van der Waals surface area contributed by atoms with E-state index in [4.69, 9.17) is 4.74 Å². The molecular weight excluding hydrogens is 326 g/mol. The van der Waals surface area contributed by atoms with Crippen LogP contribution < -0.4 is 0 Å². The average molecular weight is 347 g/mol. The van der Waals surface area contributed by atoms with Gasteiger partial charge in [0.25, 0.3) is 0 Å². The second-order valence-corrected chi connectivity index (χ2v) is 6.19. The van der Waals surface area contributed by atoms with Gasteiger partial charge in [0, 0.05) is 17.0 Å². The largest absolute Gasteiger partial charge is 0.463 e. The molecule has 0 aliphatic rings. The number of rotatable bonds is 7. The van der Waals surface area contributed by atoms with Crippen LogP contribution in [0.5, 0.6) is 0 Å². The van der Waals surface area contributed by atoms with E-state index in [0.29, 0.717) is 6.61 Å². The summed E-state index contributed by atoms with van der Waals surface area (Å²) >= 11 is 1.16. The van der Waals surface area contributed by atoms with E-state index >= 15 is 0 Å². The van der Waals surface area contributed by atoms with E-state index in [-0.39, 0.29) is 15.9 Å². The van der Waals surface area contributed by atoms with Crippen molar-refractivity contribution < 1.29 is 14.5 Å². The van der Waals surface area contributed by atoms with Gasteiger partial charge < -0.3 is 4.74 Å². The molecule has 1 aromatic rings. The van der Waals surface area contributed by atoms with Gasteiger partial charge in [0.15, 0.2) is 0 Å². The molecule has 0 saturated carbocycles. The molecule has 0 atom stereocenters. The molecule has 0 fully saturated rings. The molecule has 0 bridgehead atoms. The number of allylic oxidation sites excluding steroid dienone is 6. The van der Waals surface area contributed by atoms with Crippen LogP contribution in [0.25, 0.3) is 6.08 Å². The smallest absolute Gasteiger partial charge is 0.330 e. The molecular formula is C18H21NO4S. The van der Waals surface area contributed by atoms with Crippen LogP contribution in [0.1, 0.15) is 31.2 Å². The van der Waals surface area contributed by atoms with Crippen molar-refractivity contribution in [3.63, 3.8) is 0 Å². The summed E-state index contributed by atoms with van der Waals surface area (Å²) in [4.78, 5) is 22.5. The van der Waals surface area contributed by atoms with Gasteiger partial charge in [-0.25, -0.2) is 4.79 Å². The third-order valence-electron chi connectivity index (χ3n) is 2.97. The number of nitrogens with zero attached hydrogens (tertiary/aromatic N) is 1. The number of hydrogen-bond donors (Lipinski definition) is 0. The van der Waals surface area contributed by atoms with Crippen LogP contribution in [0.2, 0.25) is 0 Å². The quantitative estimate of drug-likeness (QED) is 0.229. The molecule has 0 unspecified atom stereocenters. The van der Waals surface area contributed by atoms with E-state index < -0.39 is 0 Å². The summed E-state index contributed by atoms with van der Waals surface area (Å²) in [5, 5.41) is 10.9. The molecule has 0 spiro atoms. The van der Waals surface area contributed by atoms with E-state index in [0.717, 1.165) is 32.9 Å². The van der Waals surface area contributed by atoms with E-state index in [9.17, 15) is 14.9 Å². The van der Waals surface area contributed by atoms with Gasteiger partial charge >= 0.3 is 11.0 Å². The summed E-state index contributed by atoms with van der Waals surface area (Å²) < 4.78 is 4.83. The number of carbonyl (C=O) groups excluding carboxylic acids is 1. The van der Waals surface area contributed by atoms with Gasteiger partial charge in [-0.3, -0.25) is 10.1 Å². The lowest BCUT2D eigenvalue weighted by Gasteiger charge is -1.96. The van der Waals surface area contributed by atoms with Gasteiger partial charge in [-0.05, 0) is 44.9 Å². The Morgan fingerprint density at radius 3 is 2.62 bits per heavy atom. The molecule has 1 aromatic heterocycles. The summed E-state index contributed by atoms with van der Waals surface area (Å²) in [7, 11) is 0. The monoisotopic (exact) mass is 347 g/mol. The molecule has 1 heterocycles. The van der Waals surface area contributed by atoms with Crippen molar-refractivity contribution in [2.24, 2.45) is 0 Å². The van der Waals surface area contributed by atoms with E-state index in [1.165, 1.54) is 6.08 Å². The van der Waals surface area contributed by atoms with Crippen LogP contribution in [0.15, 0.2) is 47.6 Å². The summed E-state index contributed by atoms with van der Waals surface area (Å²) in [6.45, 7) is 7.73. The maximum atomic E-state index is 11.3. The third kappa shape index (κ3) is 6.75. The first-order valence-electron chi connectivity index (χ1n) is 7.46. The average Bonchev–Trinajstić information content (AvgIpc) is 2.86. The number of esters is 1. The Balaban J connectivity index is 2.72. The number of ether oxygens (including phenoxy) is 1. The number of thiophene rings is 1. The predicted octanol–water partition coefficient (Wildman–Crippen LogP) is 4.99. The molecule has 0 N–H and O–H groups in total. The normalized spacial score (nSPS) is 13.0. The van der Waals surface area contributed by atoms with Gasteiger partial charge in [0.05, 0.1) is 11.5 Å². The van der Waals surface area contributed by atoms with Crippen molar-refractivity contribution >= 4 is 28.4 Å². The highest BCUT2D eigenvalue weighted by Gasteiger charge is 2.11. The predicted molar refractivity (Wildman–Crippen MR) is 98.0 cm³/mol. The zero-order valence-electron chi connectivity index (χ0n) is 14.2. The summed E-state index contributed by atoms with van der Waals surface area (Å²) in [5.74, 6) is -0.352. The maximum Gasteiger partial charge on any atom is 0.330 e. The molecule has 0 aliphatic carbocycles. The molecule has 0 aliphatic heterocycles. The molecule has 5 nitrogen and oxygen atoms in total. The Morgan fingerprint density at radius 1 is 1.33 bits per heavy atom. The van der Waals surface area contributed by atoms with E-state index in [1.54, 1.807) is 13.0 Å². The number of nitro groups is 1. The van der Waals surface area contributed by atoms with Gasteiger partial charge in [0.1, 0.15) is 0 Å². The molecule has 0 radical (unpaired) electrons. The van der Waals surface area contributed by atoms with Crippen LogP contribution in [0.3, 0.4) is 0 Å². The number of hydrogen-bond acceptors (Lipinski definition) is 5. The third-order valence-corrected chi connectivity index (χ3v) is 4.13. The minimum atomic E-state index is -0.376. The van der Waals surface area contributed by atoms with Crippen LogP contribution in [-0.2, 0) is 9.53 Å². The highest BCUT2D eigenvalue weighted by molar-refractivity contribution is 7.16. The molecule has 0 saturated heterocycles. The number of carbonyl (C=O) groups is 1. The zero-order valence-corrected chi connectivity index (χ0v) is 15.1. The number of aryl methyl sites for hydroxylation is 1. The summed E-state index contributed by atoms with van der Waals surface area (Å²) in [6.07, 6.45) is 10.8. The zero-order chi connectivity index (χ0) is 18.1. The van der Waals surface area contributed by atoms with Crippen molar-refractivity contribution in [2.75, 3.05) is 6.61 Å². The molecule has 6 heteroatoms. The minimum absolute atomic E-state index is 0.147. The topological polar surface area (TPSA) is 69.4 Å². The fourth-order valence-corrected chi connectivity index (χ4v) is 2.66. The fraction of sp³-hybridized carbons (Fsp3) is 0.278. The van der Waals surface area contributed by atoms with Crippen molar-refractivity contribution in [1.29, 1.82) is 0 Å². The van der Waals surface area contributed by atoms with Crippen LogP contribution in [0, 0.1) is 17.0 Å². The lowest BCUT2D eigenvalue weighted by Crippen LogP contribution is -1.99. The van der Waals surface area contributed by atoms with Gasteiger partial charge in [-0.2, -0.15) is 0 Å². The first-order valence-corrected chi connectivity index (χ1v) is 8.28. The lowest BCUT2D eigenvalue weighted by atomic mass is 10.2. The van der Waals surface area contributed by atoms with Gasteiger partial charge in [-0.15, -0.1) is 0 Å². The first-order chi connectivity index (χ1) is 11.3.